The molecule has 20 heavy (non-hydrogen) atoms. The van der Waals surface area contributed by atoms with Crippen LogP contribution in [0.25, 0.3) is 0 Å². The third-order valence-electron chi connectivity index (χ3n) is 4.92. The van der Waals surface area contributed by atoms with E-state index < -0.39 is 0 Å². The Morgan fingerprint density at radius 3 is 2.75 bits per heavy atom. The lowest BCUT2D eigenvalue weighted by Crippen LogP contribution is -2.35. The fourth-order valence-corrected chi connectivity index (χ4v) is 3.50. The summed E-state index contributed by atoms with van der Waals surface area (Å²) in [6, 6.07) is 7.15. The first-order valence-electron chi connectivity index (χ1n) is 8.17. The maximum atomic E-state index is 6.13. The van der Waals surface area contributed by atoms with Crippen LogP contribution in [0.2, 0.25) is 0 Å². The zero-order valence-electron chi connectivity index (χ0n) is 13.4. The molecule has 0 radical (unpaired) electrons. The molecule has 0 spiro atoms. The van der Waals surface area contributed by atoms with E-state index in [1.54, 1.807) is 0 Å². The van der Waals surface area contributed by atoms with Gasteiger partial charge >= 0.3 is 0 Å². The molecule has 1 fully saturated rings. The molecule has 1 saturated heterocycles. The van der Waals surface area contributed by atoms with Crippen molar-refractivity contribution in [2.24, 2.45) is 11.7 Å². The van der Waals surface area contributed by atoms with Crippen LogP contribution in [0, 0.1) is 19.8 Å². The topological polar surface area (TPSA) is 29.3 Å². The molecule has 0 saturated carbocycles. The van der Waals surface area contributed by atoms with Crippen LogP contribution in [0.4, 0.5) is 0 Å². The van der Waals surface area contributed by atoms with E-state index >= 15 is 0 Å². The van der Waals surface area contributed by atoms with Crippen LogP contribution in [0.5, 0.6) is 0 Å². The van der Waals surface area contributed by atoms with Crippen molar-refractivity contribution < 1.29 is 0 Å². The van der Waals surface area contributed by atoms with Gasteiger partial charge in [0, 0.05) is 12.6 Å². The van der Waals surface area contributed by atoms with Crippen molar-refractivity contribution in [3.05, 3.63) is 34.9 Å². The minimum atomic E-state index is 0.394. The summed E-state index contributed by atoms with van der Waals surface area (Å²) in [5, 5.41) is 0. The van der Waals surface area contributed by atoms with Crippen molar-refractivity contribution in [3.63, 3.8) is 0 Å². The Morgan fingerprint density at radius 1 is 1.25 bits per heavy atom. The van der Waals surface area contributed by atoms with Crippen LogP contribution in [-0.2, 0) is 0 Å². The molecule has 1 aliphatic heterocycles. The van der Waals surface area contributed by atoms with Crippen LogP contribution in [0.15, 0.2) is 18.2 Å². The molecule has 0 aromatic heterocycles. The van der Waals surface area contributed by atoms with Gasteiger partial charge in [-0.05, 0) is 63.2 Å². The van der Waals surface area contributed by atoms with Crippen LogP contribution in [0.1, 0.15) is 55.3 Å². The van der Waals surface area contributed by atoms with E-state index in [-0.39, 0.29) is 0 Å². The van der Waals surface area contributed by atoms with E-state index in [9.17, 15) is 0 Å². The predicted octanol–water partition coefficient (Wildman–Crippen LogP) is 3.82. The van der Waals surface area contributed by atoms with E-state index in [1.165, 1.54) is 55.5 Å². The van der Waals surface area contributed by atoms with E-state index in [1.807, 2.05) is 0 Å². The molecular formula is C18H30N2. The molecular weight excluding hydrogens is 244 g/mol. The van der Waals surface area contributed by atoms with Gasteiger partial charge in [0.05, 0.1) is 0 Å². The van der Waals surface area contributed by atoms with Crippen LogP contribution in [-0.4, -0.2) is 24.5 Å². The van der Waals surface area contributed by atoms with Crippen molar-refractivity contribution in [3.8, 4) is 0 Å². The third-order valence-corrected chi connectivity index (χ3v) is 4.92. The summed E-state index contributed by atoms with van der Waals surface area (Å²) >= 11 is 0. The smallest absolute Gasteiger partial charge is 0.0473 e. The summed E-state index contributed by atoms with van der Waals surface area (Å²) < 4.78 is 0. The van der Waals surface area contributed by atoms with Crippen LogP contribution in [0.3, 0.4) is 0 Å². The lowest BCUT2D eigenvalue weighted by molar-refractivity contribution is 0.206. The van der Waals surface area contributed by atoms with Gasteiger partial charge in [0.2, 0.25) is 0 Å². The quantitative estimate of drug-likeness (QED) is 0.904. The van der Waals surface area contributed by atoms with Gasteiger partial charge < -0.3 is 5.73 Å². The van der Waals surface area contributed by atoms with Crippen molar-refractivity contribution >= 4 is 0 Å². The number of nitrogens with two attached hydrogens (primary N) is 1. The maximum Gasteiger partial charge on any atom is 0.0473 e. The number of benzene rings is 1. The number of rotatable bonds is 4. The van der Waals surface area contributed by atoms with E-state index in [2.05, 4.69) is 43.9 Å². The predicted molar refractivity (Wildman–Crippen MR) is 86.9 cm³/mol. The molecule has 2 atom stereocenters. The first-order valence-corrected chi connectivity index (χ1v) is 8.17. The molecule has 2 nitrogen and oxygen atoms in total. The molecule has 0 bridgehead atoms. The zero-order chi connectivity index (χ0) is 14.5. The largest absolute Gasteiger partial charge is 0.329 e. The highest BCUT2D eigenvalue weighted by Gasteiger charge is 2.23. The average Bonchev–Trinajstić information content (AvgIpc) is 2.69. The monoisotopic (exact) mass is 274 g/mol. The number of likely N-dealkylation sites (tertiary alicyclic amines) is 1. The third kappa shape index (κ3) is 3.62. The first-order chi connectivity index (χ1) is 9.65. The summed E-state index contributed by atoms with van der Waals surface area (Å²) in [4.78, 5) is 2.62. The number of hydrogen-bond donors (Lipinski definition) is 1. The summed E-state index contributed by atoms with van der Waals surface area (Å²) in [6.07, 6.45) is 5.36. The van der Waals surface area contributed by atoms with Crippen LogP contribution >= 0.6 is 0 Å². The van der Waals surface area contributed by atoms with E-state index in [0.717, 1.165) is 12.5 Å². The minimum absolute atomic E-state index is 0.394. The maximum absolute atomic E-state index is 6.13. The SMILES string of the molecule is CCC1CCCN(C(CN)c2cc(C)ccc2C)CC1. The summed E-state index contributed by atoms with van der Waals surface area (Å²) in [5.74, 6) is 0.914. The normalized spacial score (nSPS) is 22.5. The molecule has 2 rings (SSSR count). The lowest BCUT2D eigenvalue weighted by Gasteiger charge is -2.31. The molecule has 1 aromatic rings. The van der Waals surface area contributed by atoms with Gasteiger partial charge in [-0.3, -0.25) is 4.90 Å². The summed E-state index contributed by atoms with van der Waals surface area (Å²) in [5.41, 5.74) is 10.3. The van der Waals surface area contributed by atoms with Gasteiger partial charge in [-0.25, -0.2) is 0 Å². The highest BCUT2D eigenvalue weighted by atomic mass is 15.2. The second-order valence-electron chi connectivity index (χ2n) is 6.35. The molecule has 1 heterocycles. The van der Waals surface area contributed by atoms with E-state index in [4.69, 9.17) is 5.73 Å². The van der Waals surface area contributed by atoms with Gasteiger partial charge in [0.15, 0.2) is 0 Å². The highest BCUT2D eigenvalue weighted by molar-refractivity contribution is 5.33. The Labute approximate surface area is 124 Å². The van der Waals surface area contributed by atoms with Gasteiger partial charge in [-0.1, -0.05) is 37.1 Å². The van der Waals surface area contributed by atoms with Crippen LogP contribution < -0.4 is 5.73 Å². The molecule has 112 valence electrons. The fourth-order valence-electron chi connectivity index (χ4n) is 3.50. The Bertz CT molecular complexity index is 427. The first kappa shape index (κ1) is 15.5. The van der Waals surface area contributed by atoms with Gasteiger partial charge in [-0.2, -0.15) is 0 Å². The Balaban J connectivity index is 2.17. The number of hydrogen-bond acceptors (Lipinski definition) is 2. The summed E-state index contributed by atoms with van der Waals surface area (Å²) in [7, 11) is 0. The number of aryl methyl sites for hydroxylation is 2. The van der Waals surface area contributed by atoms with Gasteiger partial charge in [0.25, 0.3) is 0 Å². The average molecular weight is 274 g/mol. The van der Waals surface area contributed by atoms with Crippen molar-refractivity contribution in [2.45, 2.75) is 52.5 Å². The van der Waals surface area contributed by atoms with Crippen molar-refractivity contribution in [2.75, 3.05) is 19.6 Å². The standard InChI is InChI=1S/C18H30N2/c1-4-16-6-5-10-20(11-9-16)18(13-19)17-12-14(2)7-8-15(17)3/h7-8,12,16,18H,4-6,9-11,13,19H2,1-3H3. The Hall–Kier alpha value is -0.860. The zero-order valence-corrected chi connectivity index (χ0v) is 13.4. The molecule has 2 heteroatoms. The Morgan fingerprint density at radius 2 is 2.05 bits per heavy atom. The van der Waals surface area contributed by atoms with Gasteiger partial charge in [-0.15, -0.1) is 0 Å². The Kier molecular flexibility index (Phi) is 5.62. The van der Waals surface area contributed by atoms with Gasteiger partial charge in [0.1, 0.15) is 0 Å². The second kappa shape index (κ2) is 7.24. The molecule has 1 aromatic carbocycles. The molecule has 0 aliphatic carbocycles. The lowest BCUT2D eigenvalue weighted by atomic mass is 9.97. The molecule has 2 N–H and O–H groups in total. The second-order valence-corrected chi connectivity index (χ2v) is 6.35. The summed E-state index contributed by atoms with van der Waals surface area (Å²) in [6.45, 7) is 9.84. The highest BCUT2D eigenvalue weighted by Crippen LogP contribution is 2.29. The number of nitrogens with zero attached hydrogens (tertiary/aromatic N) is 1. The van der Waals surface area contributed by atoms with Crippen molar-refractivity contribution in [1.29, 1.82) is 0 Å². The van der Waals surface area contributed by atoms with Crippen molar-refractivity contribution in [1.82, 2.24) is 4.90 Å². The fraction of sp³-hybridized carbons (Fsp3) is 0.667. The molecule has 1 aliphatic rings. The minimum Gasteiger partial charge on any atom is -0.329 e. The molecule has 2 unspecified atom stereocenters. The molecule has 0 amide bonds. The van der Waals surface area contributed by atoms with E-state index in [0.29, 0.717) is 6.04 Å².